The van der Waals surface area contributed by atoms with E-state index in [-0.39, 0.29) is 5.92 Å². The van der Waals surface area contributed by atoms with Crippen LogP contribution in [-0.4, -0.2) is 17.1 Å². The van der Waals surface area contributed by atoms with Crippen LogP contribution in [0.5, 0.6) is 5.75 Å². The molecule has 1 aromatic carbocycles. The maximum Gasteiger partial charge on any atom is 0.136 e. The molecule has 0 bridgehead atoms. The molecule has 100 valence electrons. The highest BCUT2D eigenvalue weighted by atomic mass is 35.5. The van der Waals surface area contributed by atoms with Crippen molar-refractivity contribution in [2.75, 3.05) is 7.11 Å². The van der Waals surface area contributed by atoms with Crippen molar-refractivity contribution in [2.24, 2.45) is 0 Å². The average Bonchev–Trinajstić information content (AvgIpc) is 2.41. The number of benzene rings is 1. The van der Waals surface area contributed by atoms with Gasteiger partial charge in [0.1, 0.15) is 16.7 Å². The van der Waals surface area contributed by atoms with Crippen molar-refractivity contribution in [3.8, 4) is 17.0 Å². The standard InChI is InChI=1S/C15H17ClN2O/c1-9(2)15-17-13(10(3)14(16)18-15)11-7-5-6-8-12(11)19-4/h5-9H,1-4H3. The van der Waals surface area contributed by atoms with Gasteiger partial charge in [0, 0.05) is 17.0 Å². The van der Waals surface area contributed by atoms with Gasteiger partial charge in [0.15, 0.2) is 0 Å². The number of methoxy groups -OCH3 is 1. The van der Waals surface area contributed by atoms with E-state index in [1.165, 1.54) is 0 Å². The molecule has 3 nitrogen and oxygen atoms in total. The Morgan fingerprint density at radius 2 is 1.84 bits per heavy atom. The lowest BCUT2D eigenvalue weighted by Crippen LogP contribution is -2.03. The summed E-state index contributed by atoms with van der Waals surface area (Å²) in [7, 11) is 1.65. The lowest BCUT2D eigenvalue weighted by molar-refractivity contribution is 0.416. The van der Waals surface area contributed by atoms with Gasteiger partial charge in [0.2, 0.25) is 0 Å². The Bertz CT molecular complexity index is 597. The van der Waals surface area contributed by atoms with Crippen molar-refractivity contribution in [1.29, 1.82) is 0 Å². The van der Waals surface area contributed by atoms with E-state index in [9.17, 15) is 0 Å². The van der Waals surface area contributed by atoms with E-state index in [1.54, 1.807) is 7.11 Å². The Balaban J connectivity index is 2.67. The first-order valence-corrected chi connectivity index (χ1v) is 6.59. The summed E-state index contributed by atoms with van der Waals surface area (Å²) in [5.41, 5.74) is 2.64. The molecule has 1 aromatic heterocycles. The molecule has 0 atom stereocenters. The van der Waals surface area contributed by atoms with Crippen molar-refractivity contribution in [2.45, 2.75) is 26.7 Å². The minimum Gasteiger partial charge on any atom is -0.496 e. The molecule has 2 aromatic rings. The fourth-order valence-electron chi connectivity index (χ4n) is 1.87. The molecule has 19 heavy (non-hydrogen) atoms. The van der Waals surface area contributed by atoms with Crippen molar-refractivity contribution in [3.63, 3.8) is 0 Å². The van der Waals surface area contributed by atoms with E-state index >= 15 is 0 Å². The van der Waals surface area contributed by atoms with Gasteiger partial charge in [0.05, 0.1) is 12.8 Å². The lowest BCUT2D eigenvalue weighted by atomic mass is 10.1. The second-order valence-corrected chi connectivity index (χ2v) is 5.06. The van der Waals surface area contributed by atoms with Gasteiger partial charge >= 0.3 is 0 Å². The van der Waals surface area contributed by atoms with E-state index in [2.05, 4.69) is 9.97 Å². The van der Waals surface area contributed by atoms with Crippen LogP contribution in [0.4, 0.5) is 0 Å². The van der Waals surface area contributed by atoms with Crippen molar-refractivity contribution in [3.05, 3.63) is 40.8 Å². The molecule has 0 saturated carbocycles. The Kier molecular flexibility index (Phi) is 4.05. The Morgan fingerprint density at radius 1 is 1.16 bits per heavy atom. The van der Waals surface area contributed by atoms with E-state index in [1.807, 2.05) is 45.0 Å². The van der Waals surface area contributed by atoms with Gasteiger partial charge in [-0.2, -0.15) is 0 Å². The highest BCUT2D eigenvalue weighted by molar-refractivity contribution is 6.30. The molecule has 0 aliphatic carbocycles. The van der Waals surface area contributed by atoms with Crippen LogP contribution in [0.25, 0.3) is 11.3 Å². The summed E-state index contributed by atoms with van der Waals surface area (Å²) in [5, 5.41) is 0.500. The van der Waals surface area contributed by atoms with Crippen molar-refractivity contribution >= 4 is 11.6 Å². The molecule has 0 unspecified atom stereocenters. The second-order valence-electron chi connectivity index (χ2n) is 4.70. The SMILES string of the molecule is COc1ccccc1-c1nc(C(C)C)nc(Cl)c1C. The first kappa shape index (κ1) is 13.8. The number of ether oxygens (including phenoxy) is 1. The summed E-state index contributed by atoms with van der Waals surface area (Å²) < 4.78 is 5.39. The molecular formula is C15H17ClN2O. The number of nitrogens with zero attached hydrogens (tertiary/aromatic N) is 2. The number of hydrogen-bond donors (Lipinski definition) is 0. The number of para-hydroxylation sites is 1. The molecule has 0 fully saturated rings. The molecule has 0 spiro atoms. The number of rotatable bonds is 3. The van der Waals surface area contributed by atoms with Crippen LogP contribution in [0, 0.1) is 6.92 Å². The topological polar surface area (TPSA) is 35.0 Å². The third kappa shape index (κ3) is 2.71. The number of hydrogen-bond acceptors (Lipinski definition) is 3. The fraction of sp³-hybridized carbons (Fsp3) is 0.333. The van der Waals surface area contributed by atoms with Crippen LogP contribution < -0.4 is 4.74 Å². The Morgan fingerprint density at radius 3 is 2.47 bits per heavy atom. The zero-order valence-corrected chi connectivity index (χ0v) is 12.3. The molecule has 0 amide bonds. The molecule has 4 heteroatoms. The van der Waals surface area contributed by atoms with Crippen LogP contribution in [0.3, 0.4) is 0 Å². The Hall–Kier alpha value is -1.61. The van der Waals surface area contributed by atoms with Crippen LogP contribution in [-0.2, 0) is 0 Å². The van der Waals surface area contributed by atoms with Gasteiger partial charge in [-0.15, -0.1) is 0 Å². The predicted molar refractivity (Wildman–Crippen MR) is 77.9 cm³/mol. The van der Waals surface area contributed by atoms with Gasteiger partial charge in [0.25, 0.3) is 0 Å². The summed E-state index contributed by atoms with van der Waals surface area (Å²) in [4.78, 5) is 8.96. The largest absolute Gasteiger partial charge is 0.496 e. The molecule has 0 saturated heterocycles. The zero-order valence-electron chi connectivity index (χ0n) is 11.6. The van der Waals surface area contributed by atoms with Gasteiger partial charge in [-0.25, -0.2) is 9.97 Å². The maximum atomic E-state index is 6.22. The normalized spacial score (nSPS) is 10.8. The molecule has 1 heterocycles. The summed E-state index contributed by atoms with van der Waals surface area (Å²) in [6, 6.07) is 7.79. The molecular weight excluding hydrogens is 260 g/mol. The van der Waals surface area contributed by atoms with E-state index in [0.29, 0.717) is 5.15 Å². The van der Waals surface area contributed by atoms with E-state index in [4.69, 9.17) is 16.3 Å². The summed E-state index contributed by atoms with van der Waals surface area (Å²) >= 11 is 6.22. The van der Waals surface area contributed by atoms with Gasteiger partial charge < -0.3 is 4.74 Å². The minimum absolute atomic E-state index is 0.228. The summed E-state index contributed by atoms with van der Waals surface area (Å²) in [5.74, 6) is 1.76. The summed E-state index contributed by atoms with van der Waals surface area (Å²) in [6.07, 6.45) is 0. The van der Waals surface area contributed by atoms with Crippen LogP contribution in [0.1, 0.15) is 31.2 Å². The van der Waals surface area contributed by atoms with E-state index in [0.717, 1.165) is 28.4 Å². The fourth-order valence-corrected chi connectivity index (χ4v) is 2.04. The minimum atomic E-state index is 0.228. The van der Waals surface area contributed by atoms with E-state index < -0.39 is 0 Å². The molecule has 0 radical (unpaired) electrons. The number of aromatic nitrogens is 2. The Labute approximate surface area is 118 Å². The molecule has 0 aliphatic heterocycles. The van der Waals surface area contributed by atoms with Crippen molar-refractivity contribution < 1.29 is 4.74 Å². The van der Waals surface area contributed by atoms with Crippen LogP contribution >= 0.6 is 11.6 Å². The van der Waals surface area contributed by atoms with Gasteiger partial charge in [-0.3, -0.25) is 0 Å². The highest BCUT2D eigenvalue weighted by Gasteiger charge is 2.15. The maximum absolute atomic E-state index is 6.22. The first-order valence-electron chi connectivity index (χ1n) is 6.22. The third-order valence-electron chi connectivity index (χ3n) is 2.98. The molecule has 0 aliphatic rings. The quantitative estimate of drug-likeness (QED) is 0.787. The third-order valence-corrected chi connectivity index (χ3v) is 3.35. The van der Waals surface area contributed by atoms with Gasteiger partial charge in [-0.1, -0.05) is 37.6 Å². The first-order chi connectivity index (χ1) is 9.04. The number of halogens is 1. The van der Waals surface area contributed by atoms with Crippen LogP contribution in [0.2, 0.25) is 5.15 Å². The monoisotopic (exact) mass is 276 g/mol. The average molecular weight is 277 g/mol. The zero-order chi connectivity index (χ0) is 14.0. The van der Waals surface area contributed by atoms with Crippen LogP contribution in [0.15, 0.2) is 24.3 Å². The predicted octanol–water partition coefficient (Wildman–Crippen LogP) is 4.24. The second kappa shape index (κ2) is 5.57. The molecule has 0 N–H and O–H groups in total. The highest BCUT2D eigenvalue weighted by Crippen LogP contribution is 2.33. The summed E-state index contributed by atoms with van der Waals surface area (Å²) in [6.45, 7) is 6.02. The van der Waals surface area contributed by atoms with Gasteiger partial charge in [-0.05, 0) is 19.1 Å². The lowest BCUT2D eigenvalue weighted by Gasteiger charge is -2.13. The molecule has 2 rings (SSSR count). The van der Waals surface area contributed by atoms with Crippen molar-refractivity contribution in [1.82, 2.24) is 9.97 Å². The smallest absolute Gasteiger partial charge is 0.136 e.